The van der Waals surface area contributed by atoms with E-state index in [1.165, 1.54) is 0 Å². The van der Waals surface area contributed by atoms with E-state index >= 15 is 0 Å². The third-order valence-corrected chi connectivity index (χ3v) is 5.11. The van der Waals surface area contributed by atoms with Gasteiger partial charge in [-0.25, -0.2) is 0 Å². The smallest absolute Gasteiger partial charge is 0.262 e. The number of hydrogen-bond donors (Lipinski definition) is 1. The molecule has 0 saturated heterocycles. The van der Waals surface area contributed by atoms with E-state index in [1.807, 2.05) is 44.2 Å². The Morgan fingerprint density at radius 3 is 2.07 bits per heavy atom. The van der Waals surface area contributed by atoms with Crippen molar-refractivity contribution in [3.8, 4) is 0 Å². The van der Waals surface area contributed by atoms with E-state index in [9.17, 15) is 14.4 Å². The van der Waals surface area contributed by atoms with Crippen molar-refractivity contribution in [3.63, 3.8) is 0 Å². The van der Waals surface area contributed by atoms with E-state index in [0.717, 1.165) is 10.5 Å². The quantitative estimate of drug-likeness (QED) is 0.768. The van der Waals surface area contributed by atoms with Crippen LogP contribution in [0.25, 0.3) is 0 Å². The molecule has 1 aliphatic rings. The Bertz CT molecular complexity index is 813. The molecule has 2 unspecified atom stereocenters. The van der Waals surface area contributed by atoms with Gasteiger partial charge in [0.1, 0.15) is 6.04 Å². The van der Waals surface area contributed by atoms with Gasteiger partial charge in [0.15, 0.2) is 0 Å². The predicted octanol–water partition coefficient (Wildman–Crippen LogP) is 3.06. The van der Waals surface area contributed by atoms with Gasteiger partial charge >= 0.3 is 0 Å². The standard InChI is InChI=1S/C22H24N2O3/c1-3-15(2)19(20(25)23-14-13-16-9-5-4-6-10-16)24-21(26)17-11-7-8-12-18(17)22(24)27/h4-12,15,19H,3,13-14H2,1-2H3,(H,23,25). The van der Waals surface area contributed by atoms with Crippen LogP contribution in [0.5, 0.6) is 0 Å². The van der Waals surface area contributed by atoms with Gasteiger partial charge in [0.05, 0.1) is 11.1 Å². The van der Waals surface area contributed by atoms with Crippen molar-refractivity contribution < 1.29 is 14.4 Å². The van der Waals surface area contributed by atoms with Crippen LogP contribution >= 0.6 is 0 Å². The minimum atomic E-state index is -0.807. The summed E-state index contributed by atoms with van der Waals surface area (Å²) < 4.78 is 0. The predicted molar refractivity (Wildman–Crippen MR) is 103 cm³/mol. The van der Waals surface area contributed by atoms with Gasteiger partial charge in [0.25, 0.3) is 11.8 Å². The fourth-order valence-electron chi connectivity index (χ4n) is 3.39. The lowest BCUT2D eigenvalue weighted by Crippen LogP contribution is -2.53. The van der Waals surface area contributed by atoms with Crippen LogP contribution in [-0.2, 0) is 11.2 Å². The molecule has 0 saturated carbocycles. The largest absolute Gasteiger partial charge is 0.354 e. The molecule has 0 aromatic heterocycles. The second-order valence-electron chi connectivity index (χ2n) is 6.88. The molecule has 5 heteroatoms. The molecule has 0 aliphatic carbocycles. The monoisotopic (exact) mass is 364 g/mol. The van der Waals surface area contributed by atoms with Crippen molar-refractivity contribution in [3.05, 3.63) is 71.3 Å². The molecule has 1 heterocycles. The minimum Gasteiger partial charge on any atom is -0.354 e. The Morgan fingerprint density at radius 1 is 0.963 bits per heavy atom. The molecule has 3 rings (SSSR count). The maximum atomic E-state index is 12.9. The van der Waals surface area contributed by atoms with Crippen molar-refractivity contribution in [2.24, 2.45) is 5.92 Å². The Balaban J connectivity index is 1.75. The Morgan fingerprint density at radius 2 is 1.52 bits per heavy atom. The van der Waals surface area contributed by atoms with Crippen LogP contribution in [0.2, 0.25) is 0 Å². The van der Waals surface area contributed by atoms with Crippen LogP contribution in [0.4, 0.5) is 0 Å². The van der Waals surface area contributed by atoms with Gasteiger partial charge in [0, 0.05) is 6.54 Å². The topological polar surface area (TPSA) is 66.5 Å². The molecular weight excluding hydrogens is 340 g/mol. The molecule has 0 bridgehead atoms. The number of nitrogens with one attached hydrogen (secondary N) is 1. The summed E-state index contributed by atoms with van der Waals surface area (Å²) in [6, 6.07) is 15.8. The van der Waals surface area contributed by atoms with Gasteiger partial charge in [-0.1, -0.05) is 62.7 Å². The first-order chi connectivity index (χ1) is 13.0. The van der Waals surface area contributed by atoms with E-state index in [-0.39, 0.29) is 23.6 Å². The molecule has 1 aliphatic heterocycles. The zero-order valence-electron chi connectivity index (χ0n) is 15.6. The zero-order chi connectivity index (χ0) is 19.4. The lowest BCUT2D eigenvalue weighted by molar-refractivity contribution is -0.126. The van der Waals surface area contributed by atoms with Gasteiger partial charge in [-0.05, 0) is 30.0 Å². The summed E-state index contributed by atoms with van der Waals surface area (Å²) in [4.78, 5) is 39.6. The summed E-state index contributed by atoms with van der Waals surface area (Å²) in [5, 5.41) is 2.91. The highest BCUT2D eigenvalue weighted by Gasteiger charge is 2.44. The van der Waals surface area contributed by atoms with E-state index < -0.39 is 6.04 Å². The number of nitrogens with zero attached hydrogens (tertiary/aromatic N) is 1. The van der Waals surface area contributed by atoms with E-state index in [1.54, 1.807) is 24.3 Å². The highest BCUT2D eigenvalue weighted by molar-refractivity contribution is 6.22. The fraction of sp³-hybridized carbons (Fsp3) is 0.318. The molecule has 27 heavy (non-hydrogen) atoms. The third-order valence-electron chi connectivity index (χ3n) is 5.11. The molecule has 0 spiro atoms. The van der Waals surface area contributed by atoms with E-state index in [0.29, 0.717) is 30.5 Å². The van der Waals surface area contributed by atoms with Crippen molar-refractivity contribution >= 4 is 17.7 Å². The molecular formula is C22H24N2O3. The highest BCUT2D eigenvalue weighted by Crippen LogP contribution is 2.28. The van der Waals surface area contributed by atoms with Crippen LogP contribution in [0.15, 0.2) is 54.6 Å². The number of imide groups is 1. The second kappa shape index (κ2) is 8.16. The number of amides is 3. The molecule has 2 aromatic rings. The summed E-state index contributed by atoms with van der Waals surface area (Å²) in [5.74, 6) is -1.20. The first-order valence-corrected chi connectivity index (χ1v) is 9.33. The first kappa shape index (κ1) is 18.8. The number of hydrogen-bond acceptors (Lipinski definition) is 3. The van der Waals surface area contributed by atoms with Gasteiger partial charge in [-0.2, -0.15) is 0 Å². The van der Waals surface area contributed by atoms with Gasteiger partial charge in [0.2, 0.25) is 5.91 Å². The maximum Gasteiger partial charge on any atom is 0.262 e. The average Bonchev–Trinajstić information content (AvgIpc) is 2.94. The zero-order valence-corrected chi connectivity index (χ0v) is 15.6. The lowest BCUT2D eigenvalue weighted by Gasteiger charge is -2.29. The van der Waals surface area contributed by atoms with Crippen molar-refractivity contribution in [1.82, 2.24) is 10.2 Å². The number of rotatable bonds is 7. The van der Waals surface area contributed by atoms with Crippen molar-refractivity contribution in [2.75, 3.05) is 6.54 Å². The van der Waals surface area contributed by atoms with E-state index in [4.69, 9.17) is 0 Å². The lowest BCUT2D eigenvalue weighted by atomic mass is 9.96. The second-order valence-corrected chi connectivity index (χ2v) is 6.88. The van der Waals surface area contributed by atoms with Crippen LogP contribution in [0.1, 0.15) is 46.5 Å². The summed E-state index contributed by atoms with van der Waals surface area (Å²) in [5.41, 5.74) is 1.86. The van der Waals surface area contributed by atoms with Gasteiger partial charge in [-0.3, -0.25) is 19.3 Å². The molecule has 3 amide bonds. The first-order valence-electron chi connectivity index (χ1n) is 9.33. The summed E-state index contributed by atoms with van der Waals surface area (Å²) >= 11 is 0. The van der Waals surface area contributed by atoms with Crippen LogP contribution < -0.4 is 5.32 Å². The van der Waals surface area contributed by atoms with Crippen LogP contribution in [0.3, 0.4) is 0 Å². The molecule has 2 aromatic carbocycles. The number of fused-ring (bicyclic) bond motifs is 1. The van der Waals surface area contributed by atoms with Gasteiger partial charge in [-0.15, -0.1) is 0 Å². The Kier molecular flexibility index (Phi) is 5.69. The fourth-order valence-corrected chi connectivity index (χ4v) is 3.39. The number of benzene rings is 2. The van der Waals surface area contributed by atoms with Crippen LogP contribution in [-0.4, -0.2) is 35.2 Å². The molecule has 0 radical (unpaired) electrons. The average molecular weight is 364 g/mol. The minimum absolute atomic E-state index is 0.135. The molecule has 5 nitrogen and oxygen atoms in total. The summed E-state index contributed by atoms with van der Waals surface area (Å²) in [6.07, 6.45) is 1.38. The number of carbonyl (C=O) groups is 3. The molecule has 140 valence electrons. The maximum absolute atomic E-state index is 12.9. The number of carbonyl (C=O) groups excluding carboxylic acids is 3. The normalized spacial score (nSPS) is 15.4. The Hall–Kier alpha value is -2.95. The van der Waals surface area contributed by atoms with Crippen LogP contribution in [0, 0.1) is 5.92 Å². The SMILES string of the molecule is CCC(C)C(C(=O)NCCc1ccccc1)N1C(=O)c2ccccc2C1=O. The van der Waals surface area contributed by atoms with Gasteiger partial charge < -0.3 is 5.32 Å². The van der Waals surface area contributed by atoms with Crippen molar-refractivity contribution in [1.29, 1.82) is 0 Å². The van der Waals surface area contributed by atoms with Crippen molar-refractivity contribution in [2.45, 2.75) is 32.7 Å². The molecule has 1 N–H and O–H groups in total. The summed E-state index contributed by atoms with van der Waals surface area (Å²) in [6.45, 7) is 4.30. The Labute approximate surface area is 159 Å². The summed E-state index contributed by atoms with van der Waals surface area (Å²) in [7, 11) is 0. The molecule has 2 atom stereocenters. The highest BCUT2D eigenvalue weighted by atomic mass is 16.2. The third kappa shape index (κ3) is 3.77. The molecule has 0 fully saturated rings. The van der Waals surface area contributed by atoms with E-state index in [2.05, 4.69) is 5.32 Å².